The van der Waals surface area contributed by atoms with E-state index in [0.717, 1.165) is 5.56 Å². The molecule has 0 aliphatic heterocycles. The molecule has 0 N–H and O–H groups in total. The lowest BCUT2D eigenvalue weighted by Crippen LogP contribution is -2.75. The zero-order valence-electron chi connectivity index (χ0n) is 18.9. The Balaban J connectivity index is 1.63. The molecule has 164 valence electrons. The highest BCUT2D eigenvalue weighted by Crippen LogP contribution is 2.09. The van der Waals surface area contributed by atoms with Crippen molar-refractivity contribution in [1.29, 1.82) is 0 Å². The number of nitrogens with zero attached hydrogens (tertiary/aromatic N) is 1. The van der Waals surface area contributed by atoms with Gasteiger partial charge in [-0.25, -0.2) is 0 Å². The summed E-state index contributed by atoms with van der Waals surface area (Å²) >= 11 is 0. The molecule has 1 heterocycles. The third-order valence-corrected chi connectivity index (χ3v) is 11.2. The van der Waals surface area contributed by atoms with Crippen LogP contribution in [0.4, 0.5) is 0 Å². The summed E-state index contributed by atoms with van der Waals surface area (Å²) in [5.41, 5.74) is 0.737. The lowest BCUT2D eigenvalue weighted by molar-refractivity contribution is -0.683. The van der Waals surface area contributed by atoms with E-state index in [2.05, 4.69) is 103 Å². The van der Waals surface area contributed by atoms with Gasteiger partial charge in [-0.1, -0.05) is 121 Å². The molecule has 0 fully saturated rings. The second-order valence-electron chi connectivity index (χ2n) is 8.40. The summed E-state index contributed by atoms with van der Waals surface area (Å²) in [5, 5.41) is 5.31. The maximum absolute atomic E-state index is 12.7. The molecule has 0 saturated carbocycles. The highest BCUT2D eigenvalue weighted by atomic mass is 28.3. The Morgan fingerprint density at radius 1 is 0.500 bits per heavy atom. The minimum atomic E-state index is -2.53. The molecule has 0 unspecified atom stereocenters. The van der Waals surface area contributed by atoms with Crippen LogP contribution >= 0.6 is 0 Å². The first-order valence-electron chi connectivity index (χ1n) is 11.5. The van der Waals surface area contributed by atoms with E-state index >= 15 is 0 Å². The summed E-state index contributed by atoms with van der Waals surface area (Å²) in [6.07, 6.45) is 4.10. The van der Waals surface area contributed by atoms with Crippen molar-refractivity contribution in [2.45, 2.75) is 6.54 Å². The van der Waals surface area contributed by atoms with Crippen LogP contribution in [0, 0.1) is 0 Å². The van der Waals surface area contributed by atoms with Crippen molar-refractivity contribution in [3.63, 3.8) is 0 Å². The van der Waals surface area contributed by atoms with Gasteiger partial charge in [-0.15, -0.1) is 0 Å². The fourth-order valence-corrected chi connectivity index (χ4v) is 9.48. The van der Waals surface area contributed by atoms with Crippen molar-refractivity contribution in [3.05, 3.63) is 151 Å². The van der Waals surface area contributed by atoms with Crippen molar-refractivity contribution in [2.75, 3.05) is 0 Å². The van der Waals surface area contributed by atoms with Crippen molar-refractivity contribution >= 4 is 34.6 Å². The van der Waals surface area contributed by atoms with Gasteiger partial charge in [-0.2, -0.15) is 4.57 Å². The van der Waals surface area contributed by atoms with Crippen LogP contribution in [-0.2, 0) is 6.54 Å². The largest absolute Gasteiger partial charge is 0.287 e. The number of hydrogen-bond donors (Lipinski definition) is 0. The summed E-state index contributed by atoms with van der Waals surface area (Å²) in [5.74, 6) is 0.107. The van der Waals surface area contributed by atoms with Gasteiger partial charge in [0.25, 0.3) is 0 Å². The fraction of sp³-hybridized carbons (Fsp3) is 0.0323. The van der Waals surface area contributed by atoms with Crippen LogP contribution in [0.15, 0.2) is 146 Å². The van der Waals surface area contributed by atoms with Crippen LogP contribution < -0.4 is 25.3 Å². The van der Waals surface area contributed by atoms with Crippen LogP contribution in [0.25, 0.3) is 0 Å². The zero-order chi connectivity index (χ0) is 23.2. The Bertz CT molecular complexity index is 1260. The van der Waals surface area contributed by atoms with E-state index in [0.29, 0.717) is 6.54 Å². The molecular weight excluding hydrogens is 430 g/mol. The van der Waals surface area contributed by atoms with E-state index in [1.54, 1.807) is 0 Å². The number of benzene rings is 4. The number of ketones is 1. The van der Waals surface area contributed by atoms with Crippen molar-refractivity contribution in [2.24, 2.45) is 0 Å². The third-order valence-electron chi connectivity index (χ3n) is 6.37. The summed E-state index contributed by atoms with van der Waals surface area (Å²) in [4.78, 5) is 12.7. The smallest absolute Gasteiger partial charge is 0.227 e. The van der Waals surface area contributed by atoms with Gasteiger partial charge in [0.15, 0.2) is 20.5 Å². The topological polar surface area (TPSA) is 20.9 Å². The normalized spacial score (nSPS) is 11.2. The minimum absolute atomic E-state index is 0.107. The van der Waals surface area contributed by atoms with Crippen LogP contribution in [0.2, 0.25) is 0 Å². The first-order valence-corrected chi connectivity index (χ1v) is 13.5. The van der Waals surface area contributed by atoms with Gasteiger partial charge in [-0.3, -0.25) is 4.79 Å². The number of carbonyl (C=O) groups is 1. The first kappa shape index (κ1) is 21.7. The van der Waals surface area contributed by atoms with Gasteiger partial charge in [-0.05, 0) is 20.7 Å². The zero-order valence-corrected chi connectivity index (χ0v) is 19.9. The fourth-order valence-electron chi connectivity index (χ4n) is 4.76. The predicted octanol–water partition coefficient (Wildman–Crippen LogP) is 3.23. The Kier molecular flexibility index (Phi) is 6.28. The van der Waals surface area contributed by atoms with E-state index in [-0.39, 0.29) is 5.78 Å². The molecule has 0 aliphatic rings. The van der Waals surface area contributed by atoms with E-state index in [9.17, 15) is 4.79 Å². The minimum Gasteiger partial charge on any atom is -0.287 e. The number of hydrogen-bond acceptors (Lipinski definition) is 1. The molecule has 0 saturated heterocycles. The van der Waals surface area contributed by atoms with Gasteiger partial charge >= 0.3 is 0 Å². The van der Waals surface area contributed by atoms with Crippen molar-refractivity contribution in [3.8, 4) is 0 Å². The average Bonchev–Trinajstić information content (AvgIpc) is 2.92. The molecule has 5 rings (SSSR count). The molecule has 0 amide bonds. The second kappa shape index (κ2) is 9.82. The van der Waals surface area contributed by atoms with Gasteiger partial charge in [0.2, 0.25) is 12.3 Å². The highest BCUT2D eigenvalue weighted by Gasteiger charge is 2.41. The molecule has 2 nitrogen and oxygen atoms in total. The quantitative estimate of drug-likeness (QED) is 0.159. The number of rotatable bonds is 7. The van der Waals surface area contributed by atoms with Crippen LogP contribution in [0.3, 0.4) is 0 Å². The predicted molar refractivity (Wildman–Crippen MR) is 141 cm³/mol. The Morgan fingerprint density at radius 2 is 0.853 bits per heavy atom. The summed E-state index contributed by atoms with van der Waals surface area (Å²) < 4.78 is 1.97. The molecular formula is C31H26NOSi+. The molecule has 5 aromatic rings. The van der Waals surface area contributed by atoms with Gasteiger partial charge in [0.05, 0.1) is 0 Å². The summed E-state index contributed by atoms with van der Waals surface area (Å²) in [6.45, 7) is 0.320. The van der Waals surface area contributed by atoms with Crippen LogP contribution in [-0.4, -0.2) is 13.9 Å². The lowest BCUT2D eigenvalue weighted by Gasteiger charge is -2.33. The standard InChI is InChI=1S/C31H26NOSi/c33-31(26-13-5-1-6-14-26)25-32-23-21-30(22-24-32)34(27-15-7-2-8-16-27,28-17-9-3-10-18-28)29-19-11-4-12-20-29/h1-24H,25H2/q+1. The maximum atomic E-state index is 12.7. The Morgan fingerprint density at radius 3 is 1.26 bits per heavy atom. The average molecular weight is 457 g/mol. The molecule has 0 spiro atoms. The third kappa shape index (κ3) is 4.14. The second-order valence-corrected chi connectivity index (χ2v) is 12.2. The highest BCUT2D eigenvalue weighted by molar-refractivity contribution is 7.19. The van der Waals surface area contributed by atoms with Crippen LogP contribution in [0.5, 0.6) is 0 Å². The summed E-state index contributed by atoms with van der Waals surface area (Å²) in [7, 11) is -2.53. The molecule has 0 aliphatic carbocycles. The molecule has 0 radical (unpaired) electrons. The molecule has 1 aromatic heterocycles. The van der Waals surface area contributed by atoms with Gasteiger partial charge in [0, 0.05) is 17.7 Å². The first-order chi connectivity index (χ1) is 16.8. The monoisotopic (exact) mass is 456 g/mol. The van der Waals surface area contributed by atoms with Crippen molar-refractivity contribution < 1.29 is 9.36 Å². The molecule has 3 heteroatoms. The van der Waals surface area contributed by atoms with Crippen molar-refractivity contribution in [1.82, 2.24) is 0 Å². The number of pyridine rings is 1. The molecule has 0 atom stereocenters. The van der Waals surface area contributed by atoms with Gasteiger partial charge in [0.1, 0.15) is 0 Å². The Labute approximate surface area is 201 Å². The van der Waals surface area contributed by atoms with E-state index < -0.39 is 8.07 Å². The molecule has 4 aromatic carbocycles. The van der Waals surface area contributed by atoms with E-state index in [1.165, 1.54) is 20.7 Å². The number of aromatic nitrogens is 1. The van der Waals surface area contributed by atoms with Crippen LogP contribution in [0.1, 0.15) is 10.4 Å². The molecule has 0 bridgehead atoms. The SMILES string of the molecule is O=C(C[n+]1ccc([Si](c2ccccc2)(c2ccccc2)c2ccccc2)cc1)c1ccccc1. The number of carbonyl (C=O) groups excluding carboxylic acids is 1. The van der Waals surface area contributed by atoms with Gasteiger partial charge < -0.3 is 0 Å². The number of Topliss-reactive ketones (excluding diaryl/α,β-unsaturated/α-hetero) is 1. The summed E-state index contributed by atoms with van der Waals surface area (Å²) in [6, 6.07) is 46.4. The maximum Gasteiger partial charge on any atom is 0.227 e. The van der Waals surface area contributed by atoms with E-state index in [4.69, 9.17) is 0 Å². The lowest BCUT2D eigenvalue weighted by atomic mass is 10.1. The Hall–Kier alpha value is -4.08. The molecule has 34 heavy (non-hydrogen) atoms. The van der Waals surface area contributed by atoms with E-state index in [1.807, 2.05) is 47.3 Å².